The largest absolute Gasteiger partial charge is 0.497 e. The third kappa shape index (κ3) is 2.50. The number of nitrogens with two attached hydrogens (primary N) is 1. The molecule has 0 atom stereocenters. The summed E-state index contributed by atoms with van der Waals surface area (Å²) in [5.74, 6) is 0.958. The van der Waals surface area contributed by atoms with E-state index in [2.05, 4.69) is 26.1 Å². The van der Waals surface area contributed by atoms with E-state index in [4.69, 9.17) is 15.0 Å². The van der Waals surface area contributed by atoms with Crippen LogP contribution in [-0.4, -0.2) is 17.3 Å². The van der Waals surface area contributed by atoms with E-state index in [0.717, 1.165) is 15.8 Å². The summed E-state index contributed by atoms with van der Waals surface area (Å²) in [5, 5.41) is 4.07. The van der Waals surface area contributed by atoms with Crippen molar-refractivity contribution in [1.82, 2.24) is 10.1 Å². The first-order valence-electron chi connectivity index (χ1n) is 6.21. The molecule has 5 nitrogen and oxygen atoms in total. The quantitative estimate of drug-likeness (QED) is 0.782. The van der Waals surface area contributed by atoms with Gasteiger partial charge in [-0.1, -0.05) is 27.2 Å². The van der Waals surface area contributed by atoms with Gasteiger partial charge >= 0.3 is 0 Å². The zero-order valence-electron chi connectivity index (χ0n) is 11.2. The molecule has 0 unspecified atom stereocenters. The van der Waals surface area contributed by atoms with Gasteiger partial charge in [-0.25, -0.2) is 0 Å². The molecule has 0 radical (unpaired) electrons. The SMILES string of the molecule is COc1ccc(Br)c(-c2noc(N)c2-c2ccccn2)c1. The van der Waals surface area contributed by atoms with Crippen molar-refractivity contribution in [2.75, 3.05) is 12.8 Å². The van der Waals surface area contributed by atoms with Gasteiger partial charge in [-0.05, 0) is 30.3 Å². The Hall–Kier alpha value is -2.34. The van der Waals surface area contributed by atoms with Crippen LogP contribution >= 0.6 is 15.9 Å². The Morgan fingerprint density at radius 3 is 2.81 bits per heavy atom. The predicted octanol–water partition coefficient (Wildman–Crippen LogP) is 3.76. The molecule has 2 N–H and O–H groups in total. The number of nitrogens with zero attached hydrogens (tertiary/aromatic N) is 2. The normalized spacial score (nSPS) is 10.6. The number of benzene rings is 1. The van der Waals surface area contributed by atoms with Crippen molar-refractivity contribution in [2.45, 2.75) is 0 Å². The number of rotatable bonds is 3. The second-order valence-corrected chi connectivity index (χ2v) is 5.19. The maximum Gasteiger partial charge on any atom is 0.232 e. The van der Waals surface area contributed by atoms with E-state index in [1.54, 1.807) is 13.3 Å². The van der Waals surface area contributed by atoms with Gasteiger partial charge < -0.3 is 15.0 Å². The fraction of sp³-hybridized carbons (Fsp3) is 0.0667. The first-order valence-corrected chi connectivity index (χ1v) is 7.00. The summed E-state index contributed by atoms with van der Waals surface area (Å²) in [4.78, 5) is 4.31. The van der Waals surface area contributed by atoms with E-state index in [-0.39, 0.29) is 5.88 Å². The van der Waals surface area contributed by atoms with Crippen LogP contribution in [-0.2, 0) is 0 Å². The molecule has 106 valence electrons. The first kappa shape index (κ1) is 13.6. The Morgan fingerprint density at radius 2 is 2.10 bits per heavy atom. The summed E-state index contributed by atoms with van der Waals surface area (Å²) in [6, 6.07) is 11.2. The van der Waals surface area contributed by atoms with Crippen LogP contribution in [0, 0.1) is 0 Å². The van der Waals surface area contributed by atoms with Gasteiger partial charge in [0.05, 0.1) is 18.4 Å². The second-order valence-electron chi connectivity index (χ2n) is 4.33. The second kappa shape index (κ2) is 5.57. The molecular weight excluding hydrogens is 334 g/mol. The molecule has 0 amide bonds. The minimum Gasteiger partial charge on any atom is -0.497 e. The summed E-state index contributed by atoms with van der Waals surface area (Å²) in [7, 11) is 1.61. The number of pyridine rings is 1. The van der Waals surface area contributed by atoms with Crippen LogP contribution in [0.25, 0.3) is 22.5 Å². The minimum absolute atomic E-state index is 0.235. The molecule has 0 spiro atoms. The summed E-state index contributed by atoms with van der Waals surface area (Å²) in [6.07, 6.45) is 1.70. The van der Waals surface area contributed by atoms with Gasteiger partial charge in [-0.15, -0.1) is 0 Å². The van der Waals surface area contributed by atoms with Crippen LogP contribution in [0.4, 0.5) is 5.88 Å². The van der Waals surface area contributed by atoms with Crippen molar-refractivity contribution in [3.63, 3.8) is 0 Å². The summed E-state index contributed by atoms with van der Waals surface area (Å²) >= 11 is 3.51. The molecule has 21 heavy (non-hydrogen) atoms. The van der Waals surface area contributed by atoms with Crippen molar-refractivity contribution in [3.05, 3.63) is 47.1 Å². The fourth-order valence-corrected chi connectivity index (χ4v) is 2.49. The van der Waals surface area contributed by atoms with Gasteiger partial charge in [0.1, 0.15) is 11.4 Å². The van der Waals surface area contributed by atoms with Crippen LogP contribution in [0.2, 0.25) is 0 Å². The Balaban J connectivity index is 2.21. The number of methoxy groups -OCH3 is 1. The fourth-order valence-electron chi connectivity index (χ4n) is 2.06. The van der Waals surface area contributed by atoms with Crippen molar-refractivity contribution in [2.24, 2.45) is 0 Å². The molecule has 0 aliphatic rings. The van der Waals surface area contributed by atoms with Gasteiger partial charge in [0.2, 0.25) is 5.88 Å². The minimum atomic E-state index is 0.235. The van der Waals surface area contributed by atoms with E-state index >= 15 is 0 Å². The van der Waals surface area contributed by atoms with Gasteiger partial charge in [-0.3, -0.25) is 4.98 Å². The Kier molecular flexibility index (Phi) is 3.62. The number of nitrogen functional groups attached to an aromatic ring is 1. The van der Waals surface area contributed by atoms with Gasteiger partial charge in [0.15, 0.2) is 0 Å². The lowest BCUT2D eigenvalue weighted by Gasteiger charge is -2.06. The number of ether oxygens (including phenoxy) is 1. The highest BCUT2D eigenvalue weighted by atomic mass is 79.9. The highest BCUT2D eigenvalue weighted by Gasteiger charge is 2.20. The molecule has 3 aromatic rings. The van der Waals surface area contributed by atoms with Crippen LogP contribution in [0.1, 0.15) is 0 Å². The highest BCUT2D eigenvalue weighted by molar-refractivity contribution is 9.10. The van der Waals surface area contributed by atoms with Crippen molar-refractivity contribution in [1.29, 1.82) is 0 Å². The number of anilines is 1. The maximum absolute atomic E-state index is 5.92. The molecule has 0 saturated carbocycles. The van der Waals surface area contributed by atoms with E-state index in [9.17, 15) is 0 Å². The summed E-state index contributed by atoms with van der Waals surface area (Å²) < 4.78 is 11.3. The lowest BCUT2D eigenvalue weighted by Crippen LogP contribution is -1.91. The topological polar surface area (TPSA) is 74.2 Å². The molecule has 0 aliphatic heterocycles. The highest BCUT2D eigenvalue weighted by Crippen LogP contribution is 2.39. The number of hydrogen-bond donors (Lipinski definition) is 1. The predicted molar refractivity (Wildman–Crippen MR) is 83.8 cm³/mol. The molecule has 0 aliphatic carbocycles. The molecular formula is C15H12BrN3O2. The Bertz CT molecular complexity index is 772. The van der Waals surface area contributed by atoms with Crippen LogP contribution in [0.5, 0.6) is 5.75 Å². The van der Waals surface area contributed by atoms with Crippen molar-refractivity contribution in [3.8, 4) is 28.3 Å². The van der Waals surface area contributed by atoms with Crippen LogP contribution in [0.3, 0.4) is 0 Å². The Labute approximate surface area is 129 Å². The smallest absolute Gasteiger partial charge is 0.232 e. The summed E-state index contributed by atoms with van der Waals surface area (Å²) in [5.41, 5.74) is 8.75. The zero-order chi connectivity index (χ0) is 14.8. The lowest BCUT2D eigenvalue weighted by molar-refractivity contribution is 0.414. The Morgan fingerprint density at radius 1 is 1.24 bits per heavy atom. The van der Waals surface area contributed by atoms with E-state index in [1.165, 1.54) is 0 Å². The molecule has 1 aromatic carbocycles. The molecule has 6 heteroatoms. The number of aromatic nitrogens is 2. The standard InChI is InChI=1S/C15H12BrN3O2/c1-20-9-5-6-11(16)10(8-9)14-13(15(17)21-19-14)12-4-2-3-7-18-12/h2-8H,17H2,1H3. The molecule has 2 heterocycles. The lowest BCUT2D eigenvalue weighted by atomic mass is 10.0. The average Bonchev–Trinajstić information content (AvgIpc) is 2.90. The van der Waals surface area contributed by atoms with Crippen molar-refractivity contribution < 1.29 is 9.26 Å². The molecule has 2 aromatic heterocycles. The molecule has 0 saturated heterocycles. The number of hydrogen-bond acceptors (Lipinski definition) is 5. The first-order chi connectivity index (χ1) is 10.2. The van der Waals surface area contributed by atoms with Crippen molar-refractivity contribution >= 4 is 21.8 Å². The van der Waals surface area contributed by atoms with Crippen LogP contribution in [0.15, 0.2) is 51.6 Å². The zero-order valence-corrected chi connectivity index (χ0v) is 12.8. The van der Waals surface area contributed by atoms with E-state index < -0.39 is 0 Å². The third-order valence-corrected chi connectivity index (χ3v) is 3.76. The number of halogens is 1. The van der Waals surface area contributed by atoms with Gasteiger partial charge in [-0.2, -0.15) is 0 Å². The molecule has 3 rings (SSSR count). The molecule has 0 bridgehead atoms. The molecule has 0 fully saturated rings. The van der Waals surface area contributed by atoms with E-state index in [1.807, 2.05) is 36.4 Å². The van der Waals surface area contributed by atoms with Crippen LogP contribution < -0.4 is 10.5 Å². The maximum atomic E-state index is 5.92. The van der Waals surface area contributed by atoms with Gasteiger partial charge in [0.25, 0.3) is 0 Å². The monoisotopic (exact) mass is 345 g/mol. The average molecular weight is 346 g/mol. The third-order valence-electron chi connectivity index (χ3n) is 3.07. The van der Waals surface area contributed by atoms with E-state index in [0.29, 0.717) is 17.0 Å². The summed E-state index contributed by atoms with van der Waals surface area (Å²) in [6.45, 7) is 0. The van der Waals surface area contributed by atoms with Gasteiger partial charge in [0, 0.05) is 16.2 Å².